The summed E-state index contributed by atoms with van der Waals surface area (Å²) >= 11 is 3.39. The van der Waals surface area contributed by atoms with Crippen molar-refractivity contribution in [3.8, 4) is 0 Å². The minimum Gasteiger partial charge on any atom is -0.354 e. The third-order valence-corrected chi connectivity index (χ3v) is 3.09. The molecule has 2 aromatic rings. The number of aromatic nitrogens is 1. The molecule has 0 atom stereocenters. The minimum atomic E-state index is -0.258. The van der Waals surface area contributed by atoms with Crippen LogP contribution >= 0.6 is 15.9 Å². The average molecular weight is 349 g/mol. The Morgan fingerprint density at radius 2 is 1.76 bits per heavy atom. The van der Waals surface area contributed by atoms with Crippen LogP contribution in [0.5, 0.6) is 0 Å². The Labute approximate surface area is 132 Å². The fourth-order valence-corrected chi connectivity index (χ4v) is 1.92. The number of pyridine rings is 1. The first-order valence-electron chi connectivity index (χ1n) is 6.59. The number of anilines is 3. The van der Waals surface area contributed by atoms with Gasteiger partial charge in [0.15, 0.2) is 0 Å². The molecule has 0 aliphatic rings. The highest BCUT2D eigenvalue weighted by atomic mass is 79.9. The molecule has 0 bridgehead atoms. The van der Waals surface area contributed by atoms with Crippen molar-refractivity contribution in [1.82, 2.24) is 10.3 Å². The number of carbonyl (C=O) groups excluding carboxylic acids is 1. The molecular formula is C15H17BrN4O. The maximum atomic E-state index is 11.5. The van der Waals surface area contributed by atoms with E-state index in [9.17, 15) is 4.79 Å². The molecule has 0 radical (unpaired) electrons. The van der Waals surface area contributed by atoms with Crippen molar-refractivity contribution in [2.45, 2.75) is 19.9 Å². The second-order valence-corrected chi connectivity index (χ2v) is 5.73. The Balaban J connectivity index is 1.95. The maximum absolute atomic E-state index is 11.5. The van der Waals surface area contributed by atoms with E-state index < -0.39 is 0 Å². The van der Waals surface area contributed by atoms with Gasteiger partial charge in [-0.3, -0.25) is 5.32 Å². The molecule has 3 N–H and O–H groups in total. The molecular weight excluding hydrogens is 332 g/mol. The van der Waals surface area contributed by atoms with Crippen molar-refractivity contribution in [2.24, 2.45) is 0 Å². The van der Waals surface area contributed by atoms with Gasteiger partial charge in [-0.05, 0) is 50.2 Å². The summed E-state index contributed by atoms with van der Waals surface area (Å²) in [4.78, 5) is 15.7. The summed E-state index contributed by atoms with van der Waals surface area (Å²) in [6.45, 7) is 3.80. The molecule has 5 nitrogen and oxygen atoms in total. The zero-order valence-corrected chi connectivity index (χ0v) is 13.4. The van der Waals surface area contributed by atoms with Crippen LogP contribution in [0.2, 0.25) is 0 Å². The molecule has 1 heterocycles. The molecule has 0 aliphatic heterocycles. The Hall–Kier alpha value is -2.08. The lowest BCUT2D eigenvalue weighted by Crippen LogP contribution is -2.34. The Kier molecular flexibility index (Phi) is 5.16. The lowest BCUT2D eigenvalue weighted by atomic mass is 10.3. The first-order valence-corrected chi connectivity index (χ1v) is 7.38. The highest BCUT2D eigenvalue weighted by Crippen LogP contribution is 2.19. The van der Waals surface area contributed by atoms with Gasteiger partial charge < -0.3 is 10.6 Å². The molecule has 0 saturated carbocycles. The summed E-state index contributed by atoms with van der Waals surface area (Å²) in [5.41, 5.74) is 1.82. The van der Waals surface area contributed by atoms with Crippen molar-refractivity contribution in [3.63, 3.8) is 0 Å². The number of amides is 2. The van der Waals surface area contributed by atoms with Crippen LogP contribution in [0, 0.1) is 0 Å². The molecule has 6 heteroatoms. The second-order valence-electron chi connectivity index (χ2n) is 4.82. The van der Waals surface area contributed by atoms with Crippen LogP contribution in [-0.4, -0.2) is 17.1 Å². The predicted molar refractivity (Wildman–Crippen MR) is 89.0 cm³/mol. The van der Waals surface area contributed by atoms with Gasteiger partial charge in [-0.1, -0.05) is 15.9 Å². The molecule has 1 aromatic carbocycles. The standard InChI is InChI=1S/C15H17BrN4O/c1-10(2)18-15(21)20-14-8-7-13(9-17-14)19-12-5-3-11(16)4-6-12/h3-10,19H,1-2H3,(H2,17,18,20,21). The van der Waals surface area contributed by atoms with Crippen molar-refractivity contribution in [2.75, 3.05) is 10.6 Å². The Bertz CT molecular complexity index is 596. The molecule has 0 spiro atoms. The number of benzene rings is 1. The molecule has 0 fully saturated rings. The summed E-state index contributed by atoms with van der Waals surface area (Å²) in [6, 6.07) is 11.3. The van der Waals surface area contributed by atoms with Crippen molar-refractivity contribution in [1.29, 1.82) is 0 Å². The summed E-state index contributed by atoms with van der Waals surface area (Å²) in [5.74, 6) is 0.509. The van der Waals surface area contributed by atoms with E-state index in [0.29, 0.717) is 5.82 Å². The van der Waals surface area contributed by atoms with Crippen LogP contribution in [0.1, 0.15) is 13.8 Å². The lowest BCUT2D eigenvalue weighted by Gasteiger charge is -2.10. The predicted octanol–water partition coefficient (Wildman–Crippen LogP) is 4.12. The quantitative estimate of drug-likeness (QED) is 0.778. The van der Waals surface area contributed by atoms with Crippen molar-refractivity contribution >= 4 is 39.2 Å². The van der Waals surface area contributed by atoms with E-state index in [1.165, 1.54) is 0 Å². The SMILES string of the molecule is CC(C)NC(=O)Nc1ccc(Nc2ccc(Br)cc2)cn1. The van der Waals surface area contributed by atoms with Crippen LogP contribution in [-0.2, 0) is 0 Å². The highest BCUT2D eigenvalue weighted by Gasteiger charge is 2.04. The molecule has 0 unspecified atom stereocenters. The number of halogens is 1. The van der Waals surface area contributed by atoms with Crippen molar-refractivity contribution < 1.29 is 4.79 Å². The Morgan fingerprint density at radius 3 is 2.33 bits per heavy atom. The fraction of sp³-hybridized carbons (Fsp3) is 0.200. The fourth-order valence-electron chi connectivity index (χ4n) is 1.66. The summed E-state index contributed by atoms with van der Waals surface area (Å²) < 4.78 is 1.03. The first kappa shape index (κ1) is 15.3. The number of nitrogens with zero attached hydrogens (tertiary/aromatic N) is 1. The molecule has 1 aromatic heterocycles. The lowest BCUT2D eigenvalue weighted by molar-refractivity contribution is 0.250. The minimum absolute atomic E-state index is 0.0864. The number of carbonyl (C=O) groups is 1. The van der Waals surface area contributed by atoms with Crippen molar-refractivity contribution in [3.05, 3.63) is 47.1 Å². The zero-order valence-electron chi connectivity index (χ0n) is 11.9. The molecule has 2 amide bonds. The molecule has 21 heavy (non-hydrogen) atoms. The molecule has 0 saturated heterocycles. The van der Waals surface area contributed by atoms with E-state index in [1.54, 1.807) is 12.3 Å². The van der Waals surface area contributed by atoms with Gasteiger partial charge in [-0.2, -0.15) is 0 Å². The summed E-state index contributed by atoms with van der Waals surface area (Å²) in [7, 11) is 0. The van der Waals surface area contributed by atoms with E-state index >= 15 is 0 Å². The van der Waals surface area contributed by atoms with Gasteiger partial charge in [0.25, 0.3) is 0 Å². The normalized spacial score (nSPS) is 10.3. The van der Waals surface area contributed by atoms with Gasteiger partial charge in [0, 0.05) is 16.2 Å². The number of hydrogen-bond acceptors (Lipinski definition) is 3. The molecule has 110 valence electrons. The number of hydrogen-bond donors (Lipinski definition) is 3. The van der Waals surface area contributed by atoms with Gasteiger partial charge in [0.05, 0.1) is 11.9 Å². The van der Waals surface area contributed by atoms with Gasteiger partial charge in [-0.15, -0.1) is 0 Å². The monoisotopic (exact) mass is 348 g/mol. The van der Waals surface area contributed by atoms with E-state index in [4.69, 9.17) is 0 Å². The largest absolute Gasteiger partial charge is 0.354 e. The van der Waals surface area contributed by atoms with Crippen LogP contribution in [0.3, 0.4) is 0 Å². The third kappa shape index (κ3) is 5.07. The van der Waals surface area contributed by atoms with Crippen LogP contribution in [0.4, 0.5) is 22.0 Å². The average Bonchev–Trinajstić information content (AvgIpc) is 2.42. The first-order chi connectivity index (χ1) is 10.0. The topological polar surface area (TPSA) is 66.1 Å². The van der Waals surface area contributed by atoms with Gasteiger partial charge in [-0.25, -0.2) is 9.78 Å². The summed E-state index contributed by atoms with van der Waals surface area (Å²) in [6.07, 6.45) is 1.67. The molecule has 0 aliphatic carbocycles. The van der Waals surface area contributed by atoms with E-state index in [0.717, 1.165) is 15.8 Å². The van der Waals surface area contributed by atoms with Gasteiger partial charge >= 0.3 is 6.03 Å². The van der Waals surface area contributed by atoms with Crippen LogP contribution in [0.15, 0.2) is 47.1 Å². The third-order valence-electron chi connectivity index (χ3n) is 2.56. The smallest absolute Gasteiger partial charge is 0.320 e. The number of urea groups is 1. The van der Waals surface area contributed by atoms with Crippen LogP contribution in [0.25, 0.3) is 0 Å². The molecule has 2 rings (SSSR count). The van der Waals surface area contributed by atoms with Gasteiger partial charge in [0.2, 0.25) is 0 Å². The maximum Gasteiger partial charge on any atom is 0.320 e. The van der Waals surface area contributed by atoms with E-state index in [-0.39, 0.29) is 12.1 Å². The van der Waals surface area contributed by atoms with E-state index in [1.807, 2.05) is 44.2 Å². The van der Waals surface area contributed by atoms with Gasteiger partial charge in [0.1, 0.15) is 5.82 Å². The highest BCUT2D eigenvalue weighted by molar-refractivity contribution is 9.10. The number of nitrogens with one attached hydrogen (secondary N) is 3. The van der Waals surface area contributed by atoms with E-state index in [2.05, 4.69) is 36.9 Å². The Morgan fingerprint density at radius 1 is 1.10 bits per heavy atom. The zero-order chi connectivity index (χ0) is 15.2. The number of rotatable bonds is 4. The second kappa shape index (κ2) is 7.08. The van der Waals surface area contributed by atoms with Crippen LogP contribution < -0.4 is 16.0 Å². The summed E-state index contributed by atoms with van der Waals surface area (Å²) in [5, 5.41) is 8.65.